The van der Waals surface area contributed by atoms with Crippen LogP contribution in [0.4, 0.5) is 0 Å². The fourth-order valence-electron chi connectivity index (χ4n) is 3.10. The van der Waals surface area contributed by atoms with Crippen LogP contribution < -0.4 is 10.5 Å². The highest BCUT2D eigenvalue weighted by molar-refractivity contribution is 5.73. The minimum atomic E-state index is -0.978. The minimum Gasteiger partial charge on any atom is -0.489 e. The molecule has 1 aliphatic heterocycles. The van der Waals surface area contributed by atoms with Crippen LogP contribution >= 0.6 is 0 Å². The van der Waals surface area contributed by atoms with E-state index in [2.05, 4.69) is 0 Å². The van der Waals surface area contributed by atoms with Crippen molar-refractivity contribution in [1.29, 1.82) is 0 Å². The number of rotatable bonds is 7. The van der Waals surface area contributed by atoms with Crippen molar-refractivity contribution in [3.05, 3.63) is 41.5 Å². The molecule has 0 bridgehead atoms. The van der Waals surface area contributed by atoms with E-state index in [0.717, 1.165) is 16.9 Å². The highest BCUT2D eigenvalue weighted by Crippen LogP contribution is 2.38. The van der Waals surface area contributed by atoms with E-state index in [9.17, 15) is 10.0 Å². The highest BCUT2D eigenvalue weighted by Gasteiger charge is 2.45. The van der Waals surface area contributed by atoms with E-state index in [1.165, 1.54) is 5.06 Å². The number of hydrogen-bond donors (Lipinski definition) is 3. The summed E-state index contributed by atoms with van der Waals surface area (Å²) in [5.41, 5.74) is 6.66. The predicted molar refractivity (Wildman–Crippen MR) is 95.7 cm³/mol. The second-order valence-electron chi connectivity index (χ2n) is 7.61. The molecule has 4 N–H and O–H groups in total. The van der Waals surface area contributed by atoms with Crippen LogP contribution in [0.25, 0.3) is 0 Å². The maximum atomic E-state index is 10.7. The minimum absolute atomic E-state index is 0.400. The van der Waals surface area contributed by atoms with Crippen molar-refractivity contribution in [1.82, 2.24) is 5.06 Å². The molecule has 0 spiro atoms. The summed E-state index contributed by atoms with van der Waals surface area (Å²) in [5, 5.41) is 20.5. The van der Waals surface area contributed by atoms with Crippen LogP contribution in [0.2, 0.25) is 0 Å². The Hall–Kier alpha value is -1.89. The molecule has 1 aromatic carbocycles. The molecule has 0 aromatic heterocycles. The third kappa shape index (κ3) is 4.39. The van der Waals surface area contributed by atoms with Gasteiger partial charge >= 0.3 is 5.97 Å². The number of ether oxygens (including phenoxy) is 1. The first-order valence-corrected chi connectivity index (χ1v) is 8.45. The van der Waals surface area contributed by atoms with Crippen molar-refractivity contribution < 1.29 is 19.8 Å². The zero-order chi connectivity index (χ0) is 18.8. The molecule has 1 aromatic rings. The predicted octanol–water partition coefficient (Wildman–Crippen LogP) is 2.60. The summed E-state index contributed by atoms with van der Waals surface area (Å²) in [5.74, 6) is -0.245. The number of hydroxylamine groups is 2. The van der Waals surface area contributed by atoms with Gasteiger partial charge in [0.25, 0.3) is 0 Å². The number of carbonyl (C=O) groups is 1. The van der Waals surface area contributed by atoms with Crippen LogP contribution in [-0.4, -0.2) is 45.1 Å². The van der Waals surface area contributed by atoms with Crippen molar-refractivity contribution in [2.24, 2.45) is 5.73 Å². The number of nitrogens with zero attached hydrogens (tertiary/aromatic N) is 1. The van der Waals surface area contributed by atoms with Gasteiger partial charge in [0, 0.05) is 0 Å². The molecule has 0 saturated heterocycles. The van der Waals surface area contributed by atoms with E-state index >= 15 is 0 Å². The number of aryl methyl sites for hydroxylation is 1. The second kappa shape index (κ2) is 7.15. The summed E-state index contributed by atoms with van der Waals surface area (Å²) in [6, 6.07) is 6.73. The van der Waals surface area contributed by atoms with Crippen LogP contribution in [0.3, 0.4) is 0 Å². The summed E-state index contributed by atoms with van der Waals surface area (Å²) in [6.45, 7) is 8.24. The molecule has 0 saturated carbocycles. The van der Waals surface area contributed by atoms with Gasteiger partial charge in [-0.25, -0.2) is 0 Å². The Morgan fingerprint density at radius 3 is 2.32 bits per heavy atom. The molecule has 25 heavy (non-hydrogen) atoms. The number of aliphatic carboxylic acids is 1. The molecular weight excluding hydrogens is 320 g/mol. The smallest absolute Gasteiger partial charge is 0.320 e. The van der Waals surface area contributed by atoms with Gasteiger partial charge in [-0.1, -0.05) is 18.2 Å². The topological polar surface area (TPSA) is 96.0 Å². The van der Waals surface area contributed by atoms with Gasteiger partial charge < -0.3 is 20.8 Å². The van der Waals surface area contributed by atoms with Gasteiger partial charge in [-0.15, -0.1) is 0 Å². The van der Waals surface area contributed by atoms with Crippen molar-refractivity contribution in [3.63, 3.8) is 0 Å². The van der Waals surface area contributed by atoms with Crippen molar-refractivity contribution in [2.45, 2.75) is 57.7 Å². The quantitative estimate of drug-likeness (QED) is 0.656. The fraction of sp³-hybridized carbons (Fsp3) is 0.526. The van der Waals surface area contributed by atoms with Crippen LogP contribution in [0, 0.1) is 0 Å². The molecule has 0 fully saturated rings. The molecule has 138 valence electrons. The lowest BCUT2D eigenvalue weighted by molar-refractivity contribution is -0.185. The van der Waals surface area contributed by atoms with Gasteiger partial charge in [0.15, 0.2) is 0 Å². The highest BCUT2D eigenvalue weighted by atomic mass is 16.5. The Labute approximate surface area is 148 Å². The standard InChI is InChI=1S/C19H28N2O4/c1-18(2)11-14(19(3,4)21(18)24)12-25-15-8-5-13(6-9-15)7-10-16(20)17(22)23/h5-6,8-9,11,16,24H,7,10,12,20H2,1-4H3,(H,22,23). The first-order chi connectivity index (χ1) is 11.5. The Kier molecular flexibility index (Phi) is 5.56. The number of carboxylic acid groups (broad SMARTS) is 1. The van der Waals surface area contributed by atoms with Gasteiger partial charge in [0.05, 0.1) is 11.1 Å². The molecule has 1 atom stereocenters. The molecule has 1 aliphatic rings. The Bertz CT molecular complexity index is 650. The van der Waals surface area contributed by atoms with E-state index in [4.69, 9.17) is 15.6 Å². The summed E-state index contributed by atoms with van der Waals surface area (Å²) in [7, 11) is 0. The normalized spacial score (nSPS) is 20.2. The van der Waals surface area contributed by atoms with E-state index in [1.54, 1.807) is 0 Å². The lowest BCUT2D eigenvalue weighted by Crippen LogP contribution is -2.48. The molecule has 6 heteroatoms. The van der Waals surface area contributed by atoms with E-state index in [0.29, 0.717) is 19.4 Å². The van der Waals surface area contributed by atoms with Crippen LogP contribution in [0.15, 0.2) is 35.9 Å². The molecule has 0 amide bonds. The summed E-state index contributed by atoms with van der Waals surface area (Å²) < 4.78 is 5.86. The molecule has 1 heterocycles. The molecule has 0 radical (unpaired) electrons. The fourth-order valence-corrected chi connectivity index (χ4v) is 3.10. The molecular formula is C19H28N2O4. The zero-order valence-corrected chi connectivity index (χ0v) is 15.3. The second-order valence-corrected chi connectivity index (χ2v) is 7.61. The third-order valence-corrected chi connectivity index (χ3v) is 4.77. The number of benzene rings is 1. The Morgan fingerprint density at radius 1 is 1.24 bits per heavy atom. The first-order valence-electron chi connectivity index (χ1n) is 8.45. The molecule has 2 rings (SSSR count). The van der Waals surface area contributed by atoms with Gasteiger partial charge in [-0.3, -0.25) is 4.79 Å². The van der Waals surface area contributed by atoms with Crippen LogP contribution in [-0.2, 0) is 11.2 Å². The number of carboxylic acids is 1. The maximum Gasteiger partial charge on any atom is 0.320 e. The van der Waals surface area contributed by atoms with E-state index < -0.39 is 23.1 Å². The molecule has 1 unspecified atom stereocenters. The Morgan fingerprint density at radius 2 is 1.84 bits per heavy atom. The zero-order valence-electron chi connectivity index (χ0n) is 15.3. The monoisotopic (exact) mass is 348 g/mol. The summed E-state index contributed by atoms with van der Waals surface area (Å²) >= 11 is 0. The SMILES string of the molecule is CC1(C)C=C(COc2ccc(CCC(N)C(=O)O)cc2)C(C)(C)N1O. The average molecular weight is 348 g/mol. The van der Waals surface area contributed by atoms with Gasteiger partial charge in [-0.2, -0.15) is 5.06 Å². The lowest BCUT2D eigenvalue weighted by atomic mass is 9.97. The summed E-state index contributed by atoms with van der Waals surface area (Å²) in [6.07, 6.45) is 3.05. The summed E-state index contributed by atoms with van der Waals surface area (Å²) in [4.78, 5) is 10.7. The van der Waals surface area contributed by atoms with E-state index in [1.807, 2.05) is 58.0 Å². The van der Waals surface area contributed by atoms with Crippen LogP contribution in [0.1, 0.15) is 39.7 Å². The van der Waals surface area contributed by atoms with Gasteiger partial charge in [0.1, 0.15) is 18.4 Å². The van der Waals surface area contributed by atoms with Gasteiger partial charge in [-0.05, 0) is 63.8 Å². The number of hydrogen-bond acceptors (Lipinski definition) is 5. The van der Waals surface area contributed by atoms with Gasteiger partial charge in [0.2, 0.25) is 0 Å². The van der Waals surface area contributed by atoms with Crippen molar-refractivity contribution >= 4 is 5.97 Å². The first kappa shape index (κ1) is 19.4. The Balaban J connectivity index is 1.93. The molecule has 0 aliphatic carbocycles. The van der Waals surface area contributed by atoms with Crippen LogP contribution in [0.5, 0.6) is 5.75 Å². The molecule has 6 nitrogen and oxygen atoms in total. The third-order valence-electron chi connectivity index (χ3n) is 4.77. The van der Waals surface area contributed by atoms with E-state index in [-0.39, 0.29) is 0 Å². The average Bonchev–Trinajstić information content (AvgIpc) is 2.71. The number of nitrogens with two attached hydrogens (primary N) is 1. The maximum absolute atomic E-state index is 10.7. The van der Waals surface area contributed by atoms with Crippen molar-refractivity contribution in [3.8, 4) is 5.75 Å². The van der Waals surface area contributed by atoms with Crippen molar-refractivity contribution in [2.75, 3.05) is 6.61 Å². The largest absolute Gasteiger partial charge is 0.489 e. The lowest BCUT2D eigenvalue weighted by Gasteiger charge is -2.36.